The predicted molar refractivity (Wildman–Crippen MR) is 103 cm³/mol. The average Bonchev–Trinajstić information content (AvgIpc) is 2.55. The summed E-state index contributed by atoms with van der Waals surface area (Å²) in [6.07, 6.45) is 9.12. The molecule has 0 unspecified atom stereocenters. The molecule has 1 fully saturated rings. The zero-order valence-corrected chi connectivity index (χ0v) is 17.1. The summed E-state index contributed by atoms with van der Waals surface area (Å²) in [5.41, 5.74) is 1.58. The topological polar surface area (TPSA) is 63.6 Å². The van der Waals surface area contributed by atoms with Crippen molar-refractivity contribution in [2.24, 2.45) is 28.6 Å². The van der Waals surface area contributed by atoms with Crippen LogP contribution < -0.4 is 0 Å². The van der Waals surface area contributed by atoms with Gasteiger partial charge in [0.1, 0.15) is 6.61 Å². The van der Waals surface area contributed by atoms with E-state index in [1.807, 2.05) is 0 Å². The third kappa shape index (κ3) is 4.32. The number of carboxylic acids is 1. The van der Waals surface area contributed by atoms with Crippen LogP contribution in [0.3, 0.4) is 0 Å². The Bertz CT molecular complexity index is 566. The molecule has 2 aliphatic rings. The molecule has 0 radical (unpaired) electrons. The van der Waals surface area contributed by atoms with Crippen molar-refractivity contribution < 1.29 is 19.4 Å². The Hall–Kier alpha value is -1.32. The second-order valence-electron chi connectivity index (χ2n) is 9.24. The lowest BCUT2D eigenvalue weighted by atomic mass is 9.46. The molecule has 2 rings (SSSR count). The number of carbonyl (C=O) groups excluding carboxylic acids is 1. The number of carbonyl (C=O) groups is 2. The zero-order chi connectivity index (χ0) is 19.5. The Morgan fingerprint density at radius 1 is 1.35 bits per heavy atom. The minimum absolute atomic E-state index is 0.0883. The molecule has 0 aliphatic heterocycles. The van der Waals surface area contributed by atoms with E-state index in [4.69, 9.17) is 9.84 Å². The third-order valence-corrected chi connectivity index (χ3v) is 7.50. The van der Waals surface area contributed by atoms with Gasteiger partial charge in [-0.3, -0.25) is 9.59 Å². The maximum atomic E-state index is 11.3. The lowest BCUT2D eigenvalue weighted by molar-refractivity contribution is -0.141. The predicted octanol–water partition coefficient (Wildman–Crippen LogP) is 5.22. The molecule has 0 saturated heterocycles. The van der Waals surface area contributed by atoms with Crippen LogP contribution in [0, 0.1) is 28.6 Å². The van der Waals surface area contributed by atoms with Gasteiger partial charge in [-0.25, -0.2) is 0 Å². The molecule has 5 atom stereocenters. The highest BCUT2D eigenvalue weighted by molar-refractivity contribution is 5.67. The minimum Gasteiger partial charge on any atom is -0.481 e. The summed E-state index contributed by atoms with van der Waals surface area (Å²) in [5.74, 6) is 0.487. The van der Waals surface area contributed by atoms with Gasteiger partial charge in [-0.15, -0.1) is 0 Å². The molecule has 148 valence electrons. The first-order valence-electron chi connectivity index (χ1n) is 10.1. The van der Waals surface area contributed by atoms with Crippen molar-refractivity contribution in [3.05, 3.63) is 11.6 Å². The largest absolute Gasteiger partial charge is 0.481 e. The van der Waals surface area contributed by atoms with Gasteiger partial charge in [-0.1, -0.05) is 33.8 Å². The van der Waals surface area contributed by atoms with Gasteiger partial charge in [-0.2, -0.15) is 0 Å². The van der Waals surface area contributed by atoms with E-state index in [-0.39, 0.29) is 29.1 Å². The van der Waals surface area contributed by atoms with Crippen molar-refractivity contribution >= 4 is 11.9 Å². The van der Waals surface area contributed by atoms with E-state index in [0.29, 0.717) is 18.4 Å². The quantitative estimate of drug-likeness (QED) is 0.497. The molecule has 0 bridgehead atoms. The molecule has 1 N–H and O–H groups in total. The monoisotopic (exact) mass is 364 g/mol. The lowest BCUT2D eigenvalue weighted by Crippen LogP contribution is -2.50. The molecule has 4 heteroatoms. The van der Waals surface area contributed by atoms with Crippen LogP contribution in [-0.4, -0.2) is 23.7 Å². The highest BCUT2D eigenvalue weighted by Crippen LogP contribution is 2.62. The van der Waals surface area contributed by atoms with Crippen molar-refractivity contribution in [2.45, 2.75) is 79.6 Å². The first kappa shape index (κ1) is 21.0. The Morgan fingerprint density at radius 3 is 2.65 bits per heavy atom. The van der Waals surface area contributed by atoms with Gasteiger partial charge in [-0.05, 0) is 72.7 Å². The fourth-order valence-electron chi connectivity index (χ4n) is 5.56. The summed E-state index contributed by atoms with van der Waals surface area (Å²) in [6, 6.07) is 0. The molecule has 4 nitrogen and oxygen atoms in total. The second-order valence-corrected chi connectivity index (χ2v) is 9.24. The minimum atomic E-state index is -0.701. The highest BCUT2D eigenvalue weighted by atomic mass is 16.5. The Balaban J connectivity index is 2.18. The molecule has 1 saturated carbocycles. The van der Waals surface area contributed by atoms with Crippen molar-refractivity contribution in [3.63, 3.8) is 0 Å². The number of carboxylic acid groups (broad SMARTS) is 1. The number of rotatable bonds is 7. The number of hydrogen-bond acceptors (Lipinski definition) is 3. The van der Waals surface area contributed by atoms with Crippen LogP contribution in [0.2, 0.25) is 0 Å². The molecule has 0 aromatic rings. The van der Waals surface area contributed by atoms with Gasteiger partial charge < -0.3 is 9.84 Å². The molecular formula is C22H36O4. The number of esters is 1. The van der Waals surface area contributed by atoms with Crippen LogP contribution >= 0.6 is 0 Å². The van der Waals surface area contributed by atoms with Gasteiger partial charge in [0.25, 0.3) is 0 Å². The van der Waals surface area contributed by atoms with Crippen molar-refractivity contribution in [3.8, 4) is 0 Å². The van der Waals surface area contributed by atoms with Gasteiger partial charge >= 0.3 is 11.9 Å². The number of ether oxygens (including phenoxy) is 1. The molecule has 0 amide bonds. The summed E-state index contributed by atoms with van der Waals surface area (Å²) in [5, 5.41) is 9.06. The Labute approximate surface area is 158 Å². The Morgan fingerprint density at radius 2 is 2.04 bits per heavy atom. The average molecular weight is 365 g/mol. The zero-order valence-electron chi connectivity index (χ0n) is 17.1. The fraction of sp³-hybridized carbons (Fsp3) is 0.818. The Kier molecular flexibility index (Phi) is 6.57. The summed E-state index contributed by atoms with van der Waals surface area (Å²) in [4.78, 5) is 22.3. The molecule has 0 aromatic heterocycles. The molecule has 0 aromatic carbocycles. The number of fused-ring (bicyclic) bond motifs is 1. The van der Waals surface area contributed by atoms with Crippen LogP contribution in [0.25, 0.3) is 0 Å². The lowest BCUT2D eigenvalue weighted by Gasteiger charge is -2.58. The summed E-state index contributed by atoms with van der Waals surface area (Å²) >= 11 is 0. The maximum absolute atomic E-state index is 11.3. The van der Waals surface area contributed by atoms with E-state index < -0.39 is 5.97 Å². The normalized spacial score (nSPS) is 35.2. The van der Waals surface area contributed by atoms with Crippen molar-refractivity contribution in [1.82, 2.24) is 0 Å². The number of allylic oxidation sites excluding steroid dienone is 1. The van der Waals surface area contributed by atoms with Crippen LogP contribution in [0.1, 0.15) is 79.6 Å². The first-order valence-corrected chi connectivity index (χ1v) is 10.1. The van der Waals surface area contributed by atoms with Gasteiger partial charge in [0.15, 0.2) is 0 Å². The smallest absolute Gasteiger partial charge is 0.303 e. The van der Waals surface area contributed by atoms with Gasteiger partial charge in [0, 0.05) is 13.3 Å². The van der Waals surface area contributed by atoms with E-state index in [0.717, 1.165) is 25.7 Å². The number of aliphatic carboxylic acids is 1. The number of hydrogen-bond donors (Lipinski definition) is 1. The van der Waals surface area contributed by atoms with E-state index in [1.165, 1.54) is 25.3 Å². The maximum Gasteiger partial charge on any atom is 0.303 e. The van der Waals surface area contributed by atoms with E-state index in [9.17, 15) is 9.59 Å². The van der Waals surface area contributed by atoms with Crippen LogP contribution in [-0.2, 0) is 14.3 Å². The van der Waals surface area contributed by atoms with Crippen molar-refractivity contribution in [1.29, 1.82) is 0 Å². The fourth-order valence-corrected chi connectivity index (χ4v) is 5.56. The standard InChI is InChI=1S/C22H36O4/c1-15(13-20(24)25)9-11-21(4)16(2)10-12-22(5)18(14-26-17(3)23)7-6-8-19(21)22/h7,15-16,19H,6,8-14H2,1-5H3,(H,24,25)/t15-,16-,19-,21+,22-/m1/s1. The molecule has 26 heavy (non-hydrogen) atoms. The summed E-state index contributed by atoms with van der Waals surface area (Å²) in [7, 11) is 0. The van der Waals surface area contributed by atoms with Gasteiger partial charge in [0.2, 0.25) is 0 Å². The van der Waals surface area contributed by atoms with Crippen LogP contribution in [0.4, 0.5) is 0 Å². The van der Waals surface area contributed by atoms with Crippen LogP contribution in [0.15, 0.2) is 11.6 Å². The van der Waals surface area contributed by atoms with Crippen LogP contribution in [0.5, 0.6) is 0 Å². The highest BCUT2D eigenvalue weighted by Gasteiger charge is 2.53. The van der Waals surface area contributed by atoms with E-state index in [1.54, 1.807) is 0 Å². The molecular weight excluding hydrogens is 328 g/mol. The SMILES string of the molecule is CC(=O)OCC1=CCC[C@@H]2[C@@](C)(CC[C@@H](C)CC(=O)O)[C@H](C)CC[C@]12C. The summed E-state index contributed by atoms with van der Waals surface area (Å²) < 4.78 is 5.36. The van der Waals surface area contributed by atoms with E-state index >= 15 is 0 Å². The second kappa shape index (κ2) is 8.14. The third-order valence-electron chi connectivity index (χ3n) is 7.50. The first-order chi connectivity index (χ1) is 12.1. The van der Waals surface area contributed by atoms with E-state index in [2.05, 4.69) is 33.8 Å². The summed E-state index contributed by atoms with van der Waals surface area (Å²) in [6.45, 7) is 11.1. The van der Waals surface area contributed by atoms with Gasteiger partial charge in [0.05, 0.1) is 0 Å². The molecule has 0 heterocycles. The molecule has 2 aliphatic carbocycles. The molecule has 0 spiro atoms. The van der Waals surface area contributed by atoms with Crippen molar-refractivity contribution in [2.75, 3.05) is 6.61 Å².